The number of rotatable bonds is 8. The fourth-order valence-corrected chi connectivity index (χ4v) is 3.03. The van der Waals surface area contributed by atoms with E-state index in [0.29, 0.717) is 45.2 Å². The van der Waals surface area contributed by atoms with Crippen molar-refractivity contribution >= 4 is 12.0 Å². The molecule has 0 atom stereocenters. The van der Waals surface area contributed by atoms with Gasteiger partial charge in [-0.25, -0.2) is 4.79 Å². The van der Waals surface area contributed by atoms with Crippen molar-refractivity contribution in [3.63, 3.8) is 0 Å². The highest BCUT2D eigenvalue weighted by Crippen LogP contribution is 2.11. The van der Waals surface area contributed by atoms with Gasteiger partial charge in [0.1, 0.15) is 0 Å². The first-order chi connectivity index (χ1) is 12.6. The average Bonchev–Trinajstić information content (AvgIpc) is 2.67. The van der Waals surface area contributed by atoms with E-state index in [1.807, 2.05) is 26.1 Å². The summed E-state index contributed by atoms with van der Waals surface area (Å²) in [6.45, 7) is 5.01. The number of aromatic nitrogens is 1. The lowest BCUT2D eigenvalue weighted by molar-refractivity contribution is -0.129. The van der Waals surface area contributed by atoms with Gasteiger partial charge in [-0.3, -0.25) is 9.78 Å². The second kappa shape index (κ2) is 10.8. The summed E-state index contributed by atoms with van der Waals surface area (Å²) in [5.74, 6) is 0.149. The number of carbonyl (C=O) groups excluding carboxylic acids is 2. The third kappa shape index (κ3) is 6.63. The molecule has 1 aromatic heterocycles. The largest absolute Gasteiger partial charge is 0.450 e. The molecule has 1 aromatic rings. The van der Waals surface area contributed by atoms with Crippen molar-refractivity contribution in [1.29, 1.82) is 0 Å². The standard InChI is InChI=1S/C19H30N4O3/c1-3-26-19(25)23-14-8-17(9-15-23)21-12-6-18(24)22(2)13-7-16-4-10-20-11-5-16/h4-5,10-11,17,21H,3,6-9,12-15H2,1-2H3. The molecule has 0 aliphatic carbocycles. The molecule has 1 aliphatic heterocycles. The van der Waals surface area contributed by atoms with Gasteiger partial charge in [0, 0.05) is 58.1 Å². The number of likely N-dealkylation sites (tertiary alicyclic amines) is 1. The number of ether oxygens (including phenoxy) is 1. The number of hydrogen-bond donors (Lipinski definition) is 1. The van der Waals surface area contributed by atoms with Gasteiger partial charge in [0.15, 0.2) is 0 Å². The van der Waals surface area contributed by atoms with Crippen molar-refractivity contribution in [3.8, 4) is 0 Å². The highest BCUT2D eigenvalue weighted by atomic mass is 16.6. The number of nitrogens with one attached hydrogen (secondary N) is 1. The lowest BCUT2D eigenvalue weighted by Crippen LogP contribution is -2.45. The first-order valence-electron chi connectivity index (χ1n) is 9.38. The van der Waals surface area contributed by atoms with E-state index >= 15 is 0 Å². The van der Waals surface area contributed by atoms with Crippen molar-refractivity contribution in [2.24, 2.45) is 0 Å². The maximum atomic E-state index is 12.2. The molecule has 2 rings (SSSR count). The van der Waals surface area contributed by atoms with Gasteiger partial charge in [-0.1, -0.05) is 0 Å². The van der Waals surface area contributed by atoms with Gasteiger partial charge < -0.3 is 19.9 Å². The second-order valence-corrected chi connectivity index (χ2v) is 6.59. The number of likely N-dealkylation sites (N-methyl/N-ethyl adjacent to an activating group) is 1. The summed E-state index contributed by atoms with van der Waals surface area (Å²) in [6.07, 6.45) is 6.44. The third-order valence-corrected chi connectivity index (χ3v) is 4.70. The van der Waals surface area contributed by atoms with Crippen LogP contribution in [0, 0.1) is 0 Å². The van der Waals surface area contributed by atoms with Crippen LogP contribution in [0.25, 0.3) is 0 Å². The van der Waals surface area contributed by atoms with Crippen LogP contribution in [0.3, 0.4) is 0 Å². The van der Waals surface area contributed by atoms with Gasteiger partial charge in [-0.15, -0.1) is 0 Å². The predicted octanol–water partition coefficient (Wildman–Crippen LogP) is 1.68. The Morgan fingerprint density at radius 2 is 2.00 bits per heavy atom. The van der Waals surface area contributed by atoms with Gasteiger partial charge in [0.25, 0.3) is 0 Å². The van der Waals surface area contributed by atoms with Gasteiger partial charge in [-0.05, 0) is 43.9 Å². The van der Waals surface area contributed by atoms with E-state index in [4.69, 9.17) is 4.74 Å². The first-order valence-corrected chi connectivity index (χ1v) is 9.38. The lowest BCUT2D eigenvalue weighted by Gasteiger charge is -2.31. The summed E-state index contributed by atoms with van der Waals surface area (Å²) in [5.41, 5.74) is 1.19. The number of nitrogens with zero attached hydrogens (tertiary/aromatic N) is 3. The maximum absolute atomic E-state index is 12.2. The minimum Gasteiger partial charge on any atom is -0.450 e. The molecule has 26 heavy (non-hydrogen) atoms. The topological polar surface area (TPSA) is 74.8 Å². The lowest BCUT2D eigenvalue weighted by atomic mass is 10.1. The van der Waals surface area contributed by atoms with Crippen molar-refractivity contribution in [2.75, 3.05) is 39.8 Å². The smallest absolute Gasteiger partial charge is 0.409 e. The van der Waals surface area contributed by atoms with Crippen molar-refractivity contribution in [2.45, 2.75) is 38.6 Å². The molecule has 7 nitrogen and oxygen atoms in total. The highest BCUT2D eigenvalue weighted by Gasteiger charge is 2.23. The first kappa shape index (κ1) is 20.2. The SMILES string of the molecule is CCOC(=O)N1CCC(NCCC(=O)N(C)CCc2ccncc2)CC1. The molecule has 2 heterocycles. The summed E-state index contributed by atoms with van der Waals surface area (Å²) in [4.78, 5) is 31.4. The Morgan fingerprint density at radius 3 is 2.65 bits per heavy atom. The van der Waals surface area contributed by atoms with E-state index < -0.39 is 0 Å². The van der Waals surface area contributed by atoms with Crippen LogP contribution in [-0.2, 0) is 16.0 Å². The molecule has 1 saturated heterocycles. The van der Waals surface area contributed by atoms with Crippen LogP contribution in [-0.4, -0.2) is 72.7 Å². The molecular weight excluding hydrogens is 332 g/mol. The Bertz CT molecular complexity index is 559. The summed E-state index contributed by atoms with van der Waals surface area (Å²) in [7, 11) is 1.85. The van der Waals surface area contributed by atoms with Gasteiger partial charge in [0.05, 0.1) is 6.61 Å². The molecule has 1 N–H and O–H groups in total. The van der Waals surface area contributed by atoms with Crippen molar-refractivity contribution in [3.05, 3.63) is 30.1 Å². The number of carbonyl (C=O) groups is 2. The molecule has 0 saturated carbocycles. The quantitative estimate of drug-likeness (QED) is 0.762. The number of amides is 2. The minimum atomic E-state index is -0.225. The van der Waals surface area contributed by atoms with Gasteiger partial charge in [-0.2, -0.15) is 0 Å². The van der Waals surface area contributed by atoms with E-state index in [2.05, 4.69) is 10.3 Å². The zero-order valence-corrected chi connectivity index (χ0v) is 15.8. The van der Waals surface area contributed by atoms with Crippen LogP contribution in [0.5, 0.6) is 0 Å². The van der Waals surface area contributed by atoms with Crippen molar-refractivity contribution in [1.82, 2.24) is 20.1 Å². The fourth-order valence-electron chi connectivity index (χ4n) is 3.03. The summed E-state index contributed by atoms with van der Waals surface area (Å²) in [5, 5.41) is 3.44. The van der Waals surface area contributed by atoms with E-state index in [1.54, 1.807) is 22.2 Å². The van der Waals surface area contributed by atoms with Crippen LogP contribution >= 0.6 is 0 Å². The molecule has 7 heteroatoms. The van der Waals surface area contributed by atoms with Gasteiger partial charge >= 0.3 is 6.09 Å². The zero-order chi connectivity index (χ0) is 18.8. The van der Waals surface area contributed by atoms with E-state index in [0.717, 1.165) is 19.3 Å². The molecule has 144 valence electrons. The van der Waals surface area contributed by atoms with Crippen LogP contribution in [0.2, 0.25) is 0 Å². The second-order valence-electron chi connectivity index (χ2n) is 6.59. The maximum Gasteiger partial charge on any atom is 0.409 e. The number of pyridine rings is 1. The Hall–Kier alpha value is -2.15. The predicted molar refractivity (Wildman–Crippen MR) is 99.8 cm³/mol. The van der Waals surface area contributed by atoms with Gasteiger partial charge in [0.2, 0.25) is 5.91 Å². The van der Waals surface area contributed by atoms with Crippen LogP contribution < -0.4 is 5.32 Å². The van der Waals surface area contributed by atoms with Crippen molar-refractivity contribution < 1.29 is 14.3 Å². The molecule has 1 aliphatic rings. The van der Waals surface area contributed by atoms with E-state index in [9.17, 15) is 9.59 Å². The van der Waals surface area contributed by atoms with E-state index in [-0.39, 0.29) is 12.0 Å². The summed E-state index contributed by atoms with van der Waals surface area (Å²) < 4.78 is 5.02. The molecule has 0 radical (unpaired) electrons. The highest BCUT2D eigenvalue weighted by molar-refractivity contribution is 5.76. The van der Waals surface area contributed by atoms with Crippen LogP contribution in [0.15, 0.2) is 24.5 Å². The Balaban J connectivity index is 1.59. The monoisotopic (exact) mass is 362 g/mol. The Kier molecular flexibility index (Phi) is 8.34. The molecule has 0 aromatic carbocycles. The Labute approximate surface area is 155 Å². The molecule has 0 spiro atoms. The molecule has 0 bridgehead atoms. The van der Waals surface area contributed by atoms with Crippen LogP contribution in [0.4, 0.5) is 4.79 Å². The summed E-state index contributed by atoms with van der Waals surface area (Å²) >= 11 is 0. The minimum absolute atomic E-state index is 0.149. The molecule has 2 amide bonds. The third-order valence-electron chi connectivity index (χ3n) is 4.70. The summed E-state index contributed by atoms with van der Waals surface area (Å²) in [6, 6.07) is 4.31. The molecule has 1 fully saturated rings. The van der Waals surface area contributed by atoms with E-state index in [1.165, 1.54) is 5.56 Å². The average molecular weight is 362 g/mol. The zero-order valence-electron chi connectivity index (χ0n) is 15.8. The molecular formula is C19H30N4O3. The Morgan fingerprint density at radius 1 is 1.31 bits per heavy atom. The fraction of sp³-hybridized carbons (Fsp3) is 0.632. The molecule has 0 unspecified atom stereocenters. The number of hydrogen-bond acceptors (Lipinski definition) is 5. The normalized spacial score (nSPS) is 14.9. The van der Waals surface area contributed by atoms with Crippen LogP contribution in [0.1, 0.15) is 31.7 Å². The number of piperidine rings is 1.